The molecule has 0 aromatic heterocycles. The summed E-state index contributed by atoms with van der Waals surface area (Å²) in [6, 6.07) is 8.45. The van der Waals surface area contributed by atoms with Crippen molar-refractivity contribution in [2.24, 2.45) is 0 Å². The topological polar surface area (TPSA) is 46.6 Å². The number of rotatable bonds is 9. The molecule has 0 spiro atoms. The average Bonchev–Trinajstić information content (AvgIpc) is 2.67. The van der Waals surface area contributed by atoms with Gasteiger partial charge in [0.05, 0.1) is 11.1 Å². The molecule has 0 unspecified atom stereocenters. The van der Waals surface area contributed by atoms with Gasteiger partial charge in [-0.1, -0.05) is 44.7 Å². The molecule has 2 aromatic rings. The molecule has 1 aliphatic rings. The number of hydrogen-bond acceptors (Lipinski definition) is 5. The maximum Gasteiger partial charge on any atom is 0.470 e. The number of carbonyl (C=O) groups excluding carboxylic acids is 2. The van der Waals surface area contributed by atoms with E-state index in [1.807, 2.05) is 6.07 Å². The molecule has 1 heterocycles. The van der Waals surface area contributed by atoms with Gasteiger partial charge in [-0.3, -0.25) is 9.59 Å². The molecule has 0 fully saturated rings. The Morgan fingerprint density at radius 1 is 1.00 bits per heavy atom. The maximum atomic E-state index is 12.7. The summed E-state index contributed by atoms with van der Waals surface area (Å²) in [7, 11) is 0. The van der Waals surface area contributed by atoms with E-state index in [4.69, 9.17) is 0 Å². The predicted molar refractivity (Wildman–Crippen MR) is 109 cm³/mol. The normalized spacial score (nSPS) is 14.1. The number of amides is 2. The van der Waals surface area contributed by atoms with Crippen molar-refractivity contribution in [3.8, 4) is 0 Å². The van der Waals surface area contributed by atoms with E-state index in [1.165, 1.54) is 25.3 Å². The lowest BCUT2D eigenvalue weighted by molar-refractivity contribution is -0.0570. The molecule has 0 aliphatic carbocycles. The minimum atomic E-state index is -4.73. The van der Waals surface area contributed by atoms with E-state index in [1.54, 1.807) is 30.0 Å². The predicted octanol–water partition coefficient (Wildman–Crippen LogP) is 6.60. The summed E-state index contributed by atoms with van der Waals surface area (Å²) < 4.78 is 41.9. The van der Waals surface area contributed by atoms with E-state index in [9.17, 15) is 22.8 Å². The van der Waals surface area contributed by atoms with E-state index in [0.717, 1.165) is 23.5 Å². The molecule has 0 radical (unpaired) electrons. The Kier molecular flexibility index (Phi) is 7.13. The maximum absolute atomic E-state index is 12.7. The molecule has 0 saturated carbocycles. The zero-order valence-electron chi connectivity index (χ0n) is 15.8. The standard InChI is InChI=1S/C20H20F3NO3S2/c1-2-3-4-5-6-10-28-14-11-13-8-7-9-15-17(13)16(12-14)19(26)24(18(15)25)27-29-20(21,22)23/h7-9,11-12H,2-6,10H2,1H3. The first-order chi connectivity index (χ1) is 13.8. The molecule has 4 nitrogen and oxygen atoms in total. The van der Waals surface area contributed by atoms with E-state index < -0.39 is 29.4 Å². The van der Waals surface area contributed by atoms with Crippen molar-refractivity contribution in [2.45, 2.75) is 49.4 Å². The van der Waals surface area contributed by atoms with Gasteiger partial charge >= 0.3 is 5.51 Å². The van der Waals surface area contributed by atoms with E-state index in [2.05, 4.69) is 11.2 Å². The zero-order chi connectivity index (χ0) is 21.0. The number of benzene rings is 2. The van der Waals surface area contributed by atoms with Gasteiger partial charge in [0.25, 0.3) is 11.8 Å². The average molecular weight is 444 g/mol. The van der Waals surface area contributed by atoms with Crippen LogP contribution >= 0.6 is 23.8 Å². The van der Waals surface area contributed by atoms with Gasteiger partial charge < -0.3 is 0 Å². The lowest BCUT2D eigenvalue weighted by atomic mass is 9.95. The monoisotopic (exact) mass is 443 g/mol. The first-order valence-electron chi connectivity index (χ1n) is 9.32. The van der Waals surface area contributed by atoms with Crippen molar-refractivity contribution in [1.29, 1.82) is 0 Å². The van der Waals surface area contributed by atoms with Crippen molar-refractivity contribution in [2.75, 3.05) is 5.75 Å². The number of hydroxylamine groups is 2. The smallest absolute Gasteiger partial charge is 0.266 e. The van der Waals surface area contributed by atoms with Crippen LogP contribution in [0.25, 0.3) is 10.8 Å². The third-order valence-electron chi connectivity index (χ3n) is 4.50. The highest BCUT2D eigenvalue weighted by atomic mass is 32.2. The Labute approximate surface area is 175 Å². The Balaban J connectivity index is 1.83. The minimum absolute atomic E-state index is 0.149. The second-order valence-corrected chi connectivity index (χ2v) is 8.59. The van der Waals surface area contributed by atoms with Crippen LogP contribution in [0.5, 0.6) is 0 Å². The van der Waals surface area contributed by atoms with Crippen LogP contribution in [0, 0.1) is 0 Å². The summed E-state index contributed by atoms with van der Waals surface area (Å²) in [5.41, 5.74) is -4.41. The Bertz CT molecular complexity index is 918. The summed E-state index contributed by atoms with van der Waals surface area (Å²) in [6.45, 7) is 2.16. The fourth-order valence-electron chi connectivity index (χ4n) is 3.18. The van der Waals surface area contributed by atoms with Gasteiger partial charge in [0, 0.05) is 10.3 Å². The van der Waals surface area contributed by atoms with Gasteiger partial charge in [-0.05, 0) is 35.8 Å². The summed E-state index contributed by atoms with van der Waals surface area (Å²) in [5, 5.41) is 1.35. The van der Waals surface area contributed by atoms with Gasteiger partial charge in [-0.25, -0.2) is 0 Å². The van der Waals surface area contributed by atoms with Crippen molar-refractivity contribution in [3.63, 3.8) is 0 Å². The number of carbonyl (C=O) groups is 2. The SMILES string of the molecule is CCCCCCCSc1cc2c3c(cccc3c1)C(=O)N(OSC(F)(F)F)C2=O. The quantitative estimate of drug-likeness (QED) is 0.189. The van der Waals surface area contributed by atoms with Gasteiger partial charge in [0.2, 0.25) is 0 Å². The molecule has 1 aliphatic heterocycles. The number of alkyl halides is 3. The first kappa shape index (κ1) is 22.0. The van der Waals surface area contributed by atoms with Gasteiger partial charge in [0.1, 0.15) is 12.0 Å². The van der Waals surface area contributed by atoms with E-state index in [-0.39, 0.29) is 16.2 Å². The molecule has 0 atom stereocenters. The highest BCUT2D eigenvalue weighted by Crippen LogP contribution is 2.37. The van der Waals surface area contributed by atoms with Crippen LogP contribution in [-0.4, -0.2) is 28.1 Å². The third kappa shape index (κ3) is 5.26. The molecule has 29 heavy (non-hydrogen) atoms. The van der Waals surface area contributed by atoms with Crippen molar-refractivity contribution >= 4 is 46.4 Å². The summed E-state index contributed by atoms with van der Waals surface area (Å²) >= 11 is 0.711. The number of hydrogen-bond donors (Lipinski definition) is 0. The fraction of sp³-hybridized carbons (Fsp3) is 0.400. The summed E-state index contributed by atoms with van der Waals surface area (Å²) in [5.74, 6) is -0.909. The van der Waals surface area contributed by atoms with Crippen LogP contribution in [0.3, 0.4) is 0 Å². The molecule has 9 heteroatoms. The van der Waals surface area contributed by atoms with Gasteiger partial charge in [-0.2, -0.15) is 17.5 Å². The largest absolute Gasteiger partial charge is 0.470 e. The van der Waals surface area contributed by atoms with E-state index in [0.29, 0.717) is 10.8 Å². The highest BCUT2D eigenvalue weighted by molar-refractivity contribution is 7.99. The lowest BCUT2D eigenvalue weighted by Gasteiger charge is -2.25. The van der Waals surface area contributed by atoms with Crippen molar-refractivity contribution in [1.82, 2.24) is 5.06 Å². The van der Waals surface area contributed by atoms with Crippen LogP contribution in [-0.2, 0) is 4.28 Å². The molecule has 2 aromatic carbocycles. The first-order valence-corrected chi connectivity index (χ1v) is 11.1. The molecular formula is C20H20F3NO3S2. The number of imide groups is 1. The zero-order valence-corrected chi connectivity index (χ0v) is 17.4. The molecule has 156 valence electrons. The molecule has 0 N–H and O–H groups in total. The Morgan fingerprint density at radius 3 is 2.45 bits per heavy atom. The van der Waals surface area contributed by atoms with Crippen molar-refractivity contribution < 1.29 is 27.0 Å². The van der Waals surface area contributed by atoms with Crippen LogP contribution in [0.15, 0.2) is 35.2 Å². The van der Waals surface area contributed by atoms with Crippen LogP contribution in [0.1, 0.15) is 59.7 Å². The van der Waals surface area contributed by atoms with E-state index >= 15 is 0 Å². The second-order valence-electron chi connectivity index (χ2n) is 6.65. The van der Waals surface area contributed by atoms with Crippen LogP contribution in [0.4, 0.5) is 13.2 Å². The molecule has 2 amide bonds. The highest BCUT2D eigenvalue weighted by Gasteiger charge is 2.39. The number of halogens is 3. The molecule has 3 rings (SSSR count). The van der Waals surface area contributed by atoms with Crippen LogP contribution < -0.4 is 0 Å². The molecule has 0 saturated heterocycles. The van der Waals surface area contributed by atoms with Gasteiger partial charge in [0.15, 0.2) is 0 Å². The Morgan fingerprint density at radius 2 is 1.72 bits per heavy atom. The number of unbranched alkanes of at least 4 members (excludes halogenated alkanes) is 4. The molecule has 0 bridgehead atoms. The summed E-state index contributed by atoms with van der Waals surface area (Å²) in [6.07, 6.45) is 5.75. The third-order valence-corrected chi connectivity index (χ3v) is 5.98. The number of nitrogens with zero attached hydrogens (tertiary/aromatic N) is 1. The minimum Gasteiger partial charge on any atom is -0.266 e. The lowest BCUT2D eigenvalue weighted by Crippen LogP contribution is -2.39. The molecular weight excluding hydrogens is 423 g/mol. The Hall–Kier alpha value is -1.71. The van der Waals surface area contributed by atoms with Crippen LogP contribution in [0.2, 0.25) is 0 Å². The van der Waals surface area contributed by atoms with Gasteiger partial charge in [-0.15, -0.1) is 16.8 Å². The number of thioether (sulfide) groups is 1. The second kappa shape index (κ2) is 9.40. The summed E-state index contributed by atoms with van der Waals surface area (Å²) in [4.78, 5) is 26.1. The fourth-order valence-corrected chi connectivity index (χ4v) is 4.47. The van der Waals surface area contributed by atoms with Crippen molar-refractivity contribution in [3.05, 3.63) is 41.5 Å².